The van der Waals surface area contributed by atoms with Crippen molar-refractivity contribution in [2.75, 3.05) is 0 Å². The third-order valence-electron chi connectivity index (χ3n) is 4.03. The van der Waals surface area contributed by atoms with Crippen molar-refractivity contribution in [2.45, 2.75) is 13.8 Å². The van der Waals surface area contributed by atoms with E-state index in [0.717, 1.165) is 11.1 Å². The summed E-state index contributed by atoms with van der Waals surface area (Å²) in [7, 11) is 0. The highest BCUT2D eigenvalue weighted by molar-refractivity contribution is 5.72. The second-order valence-corrected chi connectivity index (χ2v) is 5.78. The van der Waals surface area contributed by atoms with Crippen molar-refractivity contribution < 1.29 is 8.78 Å². The summed E-state index contributed by atoms with van der Waals surface area (Å²) in [5, 5.41) is 0. The first-order chi connectivity index (χ1) is 11.6. The number of halogens is 2. The minimum absolute atomic E-state index is 0.274. The van der Waals surface area contributed by atoms with Crippen LogP contribution in [0.4, 0.5) is 8.78 Å². The van der Waals surface area contributed by atoms with Gasteiger partial charge >= 0.3 is 0 Å². The fourth-order valence-electron chi connectivity index (χ4n) is 2.69. The molecule has 0 amide bonds. The zero-order chi connectivity index (χ0) is 17.1. The Balaban J connectivity index is 2.02. The van der Waals surface area contributed by atoms with Crippen LogP contribution in [0, 0.1) is 18.6 Å². The molecule has 0 atom stereocenters. The molecule has 0 aliphatic heterocycles. The predicted molar refractivity (Wildman–Crippen MR) is 96.7 cm³/mol. The molecular formula is C22H18F2. The van der Waals surface area contributed by atoms with Crippen LogP contribution in [0.1, 0.15) is 18.1 Å². The third-order valence-corrected chi connectivity index (χ3v) is 4.03. The van der Waals surface area contributed by atoms with E-state index >= 15 is 0 Å². The Morgan fingerprint density at radius 1 is 0.667 bits per heavy atom. The van der Waals surface area contributed by atoms with Crippen LogP contribution < -0.4 is 0 Å². The molecule has 120 valence electrons. The van der Waals surface area contributed by atoms with Gasteiger partial charge in [-0.25, -0.2) is 8.78 Å². The second-order valence-electron chi connectivity index (χ2n) is 5.78. The lowest BCUT2D eigenvalue weighted by Crippen LogP contribution is -1.94. The monoisotopic (exact) mass is 320 g/mol. The Morgan fingerprint density at radius 3 is 1.58 bits per heavy atom. The number of allylic oxidation sites excluding steroid dienone is 1. The number of hydrogen-bond acceptors (Lipinski definition) is 0. The van der Waals surface area contributed by atoms with Gasteiger partial charge in [-0.3, -0.25) is 0 Å². The highest BCUT2D eigenvalue weighted by Crippen LogP contribution is 2.31. The summed E-state index contributed by atoms with van der Waals surface area (Å²) >= 11 is 0. The number of benzene rings is 3. The molecule has 0 saturated carbocycles. The zero-order valence-electron chi connectivity index (χ0n) is 13.7. The molecule has 0 N–H and O–H groups in total. The van der Waals surface area contributed by atoms with Crippen LogP contribution in [0.5, 0.6) is 0 Å². The van der Waals surface area contributed by atoms with E-state index in [1.807, 2.05) is 50.3 Å². The van der Waals surface area contributed by atoms with E-state index in [2.05, 4.69) is 0 Å². The average molecular weight is 320 g/mol. The molecular weight excluding hydrogens is 302 g/mol. The van der Waals surface area contributed by atoms with Crippen LogP contribution in [-0.2, 0) is 0 Å². The lowest BCUT2D eigenvalue weighted by atomic mass is 9.97. The molecule has 3 aromatic rings. The van der Waals surface area contributed by atoms with E-state index in [0.29, 0.717) is 11.1 Å². The summed E-state index contributed by atoms with van der Waals surface area (Å²) in [6.45, 7) is 3.90. The summed E-state index contributed by atoms with van der Waals surface area (Å²) in [4.78, 5) is 0. The maximum absolute atomic E-state index is 14.6. The largest absolute Gasteiger partial charge is 0.203 e. The van der Waals surface area contributed by atoms with Crippen molar-refractivity contribution in [3.63, 3.8) is 0 Å². The van der Waals surface area contributed by atoms with Gasteiger partial charge in [-0.05, 0) is 30.5 Å². The van der Waals surface area contributed by atoms with E-state index < -0.39 is 11.6 Å². The van der Waals surface area contributed by atoms with Gasteiger partial charge in [0, 0.05) is 11.1 Å². The van der Waals surface area contributed by atoms with Crippen molar-refractivity contribution in [1.82, 2.24) is 0 Å². The molecule has 0 bridgehead atoms. The Morgan fingerprint density at radius 2 is 1.12 bits per heavy atom. The Kier molecular flexibility index (Phi) is 4.57. The molecule has 0 aromatic heterocycles. The fraction of sp³-hybridized carbons (Fsp3) is 0.0909. The molecule has 0 spiro atoms. The summed E-state index contributed by atoms with van der Waals surface area (Å²) in [5.74, 6) is -1.62. The Hall–Kier alpha value is -2.74. The maximum atomic E-state index is 14.6. The topological polar surface area (TPSA) is 0 Å². The van der Waals surface area contributed by atoms with Gasteiger partial charge in [-0.15, -0.1) is 0 Å². The van der Waals surface area contributed by atoms with Gasteiger partial charge in [-0.1, -0.05) is 78.4 Å². The van der Waals surface area contributed by atoms with Crippen molar-refractivity contribution in [3.8, 4) is 22.3 Å². The van der Waals surface area contributed by atoms with Gasteiger partial charge in [0.2, 0.25) is 0 Å². The van der Waals surface area contributed by atoms with Gasteiger partial charge < -0.3 is 0 Å². The zero-order valence-corrected chi connectivity index (χ0v) is 13.7. The standard InChI is InChI=1S/C22H18F2/c1-3-4-16-7-11-18(12-8-16)20-14-13-19(21(23)22(20)24)17-9-5-15(2)6-10-17/h3-14H,1-2H3. The van der Waals surface area contributed by atoms with Crippen LogP contribution in [0.2, 0.25) is 0 Å². The minimum Gasteiger partial charge on any atom is -0.203 e. The Bertz CT molecular complexity index is 873. The highest BCUT2D eigenvalue weighted by atomic mass is 19.2. The molecule has 0 nitrogen and oxygen atoms in total. The lowest BCUT2D eigenvalue weighted by molar-refractivity contribution is 0.514. The molecule has 0 aliphatic rings. The van der Waals surface area contributed by atoms with E-state index in [1.54, 1.807) is 36.4 Å². The quantitative estimate of drug-likeness (QED) is 0.507. The molecule has 0 fully saturated rings. The summed E-state index contributed by atoms with van der Waals surface area (Å²) in [5.41, 5.74) is 4.00. The molecule has 0 aliphatic carbocycles. The summed E-state index contributed by atoms with van der Waals surface area (Å²) in [6, 6.07) is 18.0. The SMILES string of the molecule is CC=Cc1ccc(-c2ccc(-c3ccc(C)cc3)c(F)c2F)cc1. The first-order valence-corrected chi connectivity index (χ1v) is 7.88. The molecule has 0 radical (unpaired) electrons. The van der Waals surface area contributed by atoms with E-state index in [1.165, 1.54) is 0 Å². The third kappa shape index (κ3) is 3.13. The van der Waals surface area contributed by atoms with E-state index in [9.17, 15) is 8.78 Å². The van der Waals surface area contributed by atoms with Crippen molar-refractivity contribution >= 4 is 6.08 Å². The molecule has 24 heavy (non-hydrogen) atoms. The molecule has 0 heterocycles. The summed E-state index contributed by atoms with van der Waals surface area (Å²) < 4.78 is 29.1. The van der Waals surface area contributed by atoms with Crippen molar-refractivity contribution in [2.24, 2.45) is 0 Å². The molecule has 0 unspecified atom stereocenters. The van der Waals surface area contributed by atoms with Gasteiger partial charge in [0.1, 0.15) is 0 Å². The number of aryl methyl sites for hydroxylation is 1. The predicted octanol–water partition coefficient (Wildman–Crippen LogP) is 6.64. The van der Waals surface area contributed by atoms with Gasteiger partial charge in [0.15, 0.2) is 11.6 Å². The van der Waals surface area contributed by atoms with E-state index in [4.69, 9.17) is 0 Å². The van der Waals surface area contributed by atoms with Crippen LogP contribution >= 0.6 is 0 Å². The van der Waals surface area contributed by atoms with E-state index in [-0.39, 0.29) is 11.1 Å². The van der Waals surface area contributed by atoms with Gasteiger partial charge in [-0.2, -0.15) is 0 Å². The van der Waals surface area contributed by atoms with Crippen molar-refractivity contribution in [1.29, 1.82) is 0 Å². The first kappa shape index (κ1) is 16.1. The highest BCUT2D eigenvalue weighted by Gasteiger charge is 2.15. The maximum Gasteiger partial charge on any atom is 0.167 e. The normalized spacial score (nSPS) is 11.2. The summed E-state index contributed by atoms with van der Waals surface area (Å²) in [6.07, 6.45) is 3.90. The molecule has 3 aromatic carbocycles. The van der Waals surface area contributed by atoms with Crippen LogP contribution in [-0.4, -0.2) is 0 Å². The Labute approximate surface area is 141 Å². The lowest BCUT2D eigenvalue weighted by Gasteiger charge is -2.10. The average Bonchev–Trinajstić information content (AvgIpc) is 2.59. The fourth-order valence-corrected chi connectivity index (χ4v) is 2.69. The molecule has 2 heteroatoms. The molecule has 0 saturated heterocycles. The van der Waals surface area contributed by atoms with Crippen LogP contribution in [0.25, 0.3) is 28.3 Å². The first-order valence-electron chi connectivity index (χ1n) is 7.88. The number of hydrogen-bond donors (Lipinski definition) is 0. The minimum atomic E-state index is -0.813. The second kappa shape index (κ2) is 6.79. The smallest absolute Gasteiger partial charge is 0.167 e. The van der Waals surface area contributed by atoms with Crippen LogP contribution in [0.3, 0.4) is 0 Å². The molecule has 3 rings (SSSR count). The van der Waals surface area contributed by atoms with Gasteiger partial charge in [0.05, 0.1) is 0 Å². The van der Waals surface area contributed by atoms with Crippen LogP contribution in [0.15, 0.2) is 66.7 Å². The number of rotatable bonds is 3. The van der Waals surface area contributed by atoms with Crippen molar-refractivity contribution in [3.05, 3.63) is 89.5 Å². The van der Waals surface area contributed by atoms with Gasteiger partial charge in [0.25, 0.3) is 0 Å².